The largest absolute Gasteiger partial charge is 0.418 e. The average Bonchev–Trinajstić information content (AvgIpc) is 3.18. The smallest absolute Gasteiger partial charge is 0.340 e. The zero-order chi connectivity index (χ0) is 19.9. The Bertz CT molecular complexity index is 1160. The summed E-state index contributed by atoms with van der Waals surface area (Å²) in [5, 5.41) is 2.93. The van der Waals surface area contributed by atoms with Crippen LogP contribution in [0.1, 0.15) is 5.56 Å². The van der Waals surface area contributed by atoms with E-state index in [-0.39, 0.29) is 21.7 Å². The number of nitrogens with one attached hydrogen (secondary N) is 1. The first-order valence-corrected chi connectivity index (χ1v) is 9.05. The predicted octanol–water partition coefficient (Wildman–Crippen LogP) is 6.31. The quantitative estimate of drug-likeness (QED) is 0.392. The summed E-state index contributed by atoms with van der Waals surface area (Å²) in [6.45, 7) is 0. The van der Waals surface area contributed by atoms with Crippen LogP contribution in [0.5, 0.6) is 0 Å². The van der Waals surface area contributed by atoms with E-state index in [0.29, 0.717) is 16.1 Å². The molecule has 4 aromatic rings. The third-order valence-electron chi connectivity index (χ3n) is 3.94. The molecule has 2 aromatic carbocycles. The molecule has 0 spiro atoms. The molecule has 0 saturated heterocycles. The fraction of sp³-hybridized carbons (Fsp3) is 0.0556. The highest BCUT2D eigenvalue weighted by molar-refractivity contribution is 7.13. The van der Waals surface area contributed by atoms with Crippen molar-refractivity contribution < 1.29 is 17.6 Å². The van der Waals surface area contributed by atoms with Gasteiger partial charge in [-0.05, 0) is 35.9 Å². The fourth-order valence-corrected chi connectivity index (χ4v) is 3.49. The van der Waals surface area contributed by atoms with Crippen LogP contribution in [0.2, 0.25) is 5.02 Å². The molecule has 0 atom stereocenters. The molecule has 0 fully saturated rings. The van der Waals surface area contributed by atoms with Crippen molar-refractivity contribution in [1.82, 2.24) is 15.0 Å². The van der Waals surface area contributed by atoms with Gasteiger partial charge in [-0.25, -0.2) is 14.4 Å². The summed E-state index contributed by atoms with van der Waals surface area (Å²) < 4.78 is 54.3. The predicted molar refractivity (Wildman–Crippen MR) is 100 cm³/mol. The number of anilines is 2. The molecule has 2 heterocycles. The van der Waals surface area contributed by atoms with Crippen LogP contribution < -0.4 is 5.32 Å². The van der Waals surface area contributed by atoms with Gasteiger partial charge in [-0.1, -0.05) is 11.6 Å². The van der Waals surface area contributed by atoms with Crippen molar-refractivity contribution in [3.63, 3.8) is 0 Å². The summed E-state index contributed by atoms with van der Waals surface area (Å²) in [4.78, 5) is 12.4. The number of aromatic nitrogens is 3. The van der Waals surface area contributed by atoms with Crippen molar-refractivity contribution in [1.29, 1.82) is 0 Å². The monoisotopic (exact) mass is 424 g/mol. The molecule has 142 valence electrons. The molecule has 0 unspecified atom stereocenters. The van der Waals surface area contributed by atoms with Crippen LogP contribution in [-0.4, -0.2) is 15.0 Å². The van der Waals surface area contributed by atoms with E-state index >= 15 is 0 Å². The lowest BCUT2D eigenvalue weighted by atomic mass is 10.0. The molecule has 0 aliphatic rings. The van der Waals surface area contributed by atoms with Gasteiger partial charge in [-0.2, -0.15) is 13.2 Å². The van der Waals surface area contributed by atoms with Gasteiger partial charge in [0.1, 0.15) is 18.0 Å². The highest BCUT2D eigenvalue weighted by Crippen LogP contribution is 2.40. The van der Waals surface area contributed by atoms with Crippen molar-refractivity contribution >= 4 is 45.3 Å². The summed E-state index contributed by atoms with van der Waals surface area (Å²) in [5.74, 6) is -0.462. The highest BCUT2D eigenvalue weighted by Gasteiger charge is 2.34. The Balaban J connectivity index is 1.92. The molecule has 2 aromatic heterocycles. The molecule has 4 nitrogen and oxygen atoms in total. The number of fused-ring (bicyclic) bond motifs is 1. The lowest BCUT2D eigenvalue weighted by Gasteiger charge is -2.14. The first kappa shape index (κ1) is 18.6. The zero-order valence-electron chi connectivity index (χ0n) is 13.8. The Kier molecular flexibility index (Phi) is 4.64. The number of rotatable bonds is 3. The highest BCUT2D eigenvalue weighted by atomic mass is 35.5. The zero-order valence-corrected chi connectivity index (χ0v) is 15.3. The number of benzene rings is 2. The minimum atomic E-state index is -4.61. The summed E-state index contributed by atoms with van der Waals surface area (Å²) in [6, 6.07) is 6.49. The molecule has 4 rings (SSSR count). The van der Waals surface area contributed by atoms with Gasteiger partial charge in [0.2, 0.25) is 0 Å². The standard InChI is InChI=1S/C18H9ClF4N4S/c19-13-5-10(1-2-14(13)20)27-17-11-3-9(15-6-24-8-28-15)4-12(18(21,22)23)16(11)25-7-26-17/h1-8H,(H,25,26,27). The van der Waals surface area contributed by atoms with Gasteiger partial charge in [0.05, 0.1) is 26.5 Å². The second-order valence-corrected chi connectivity index (χ2v) is 7.05. The van der Waals surface area contributed by atoms with Crippen LogP contribution >= 0.6 is 22.9 Å². The maximum atomic E-state index is 13.6. The average molecular weight is 425 g/mol. The SMILES string of the molecule is Fc1ccc(Nc2ncnc3c(C(F)(F)F)cc(-c4cncs4)cc23)cc1Cl. The molecule has 0 bridgehead atoms. The molecule has 0 aliphatic carbocycles. The van der Waals surface area contributed by atoms with E-state index in [1.54, 1.807) is 6.07 Å². The van der Waals surface area contributed by atoms with Crippen LogP contribution in [0.15, 0.2) is 48.4 Å². The van der Waals surface area contributed by atoms with Crippen LogP contribution in [0.25, 0.3) is 21.3 Å². The molecular weight excluding hydrogens is 416 g/mol. The normalized spacial score (nSPS) is 11.8. The van der Waals surface area contributed by atoms with E-state index in [4.69, 9.17) is 11.6 Å². The van der Waals surface area contributed by atoms with Crippen molar-refractivity contribution in [3.8, 4) is 10.4 Å². The van der Waals surface area contributed by atoms with Gasteiger partial charge in [0.25, 0.3) is 0 Å². The van der Waals surface area contributed by atoms with Crippen molar-refractivity contribution in [3.05, 3.63) is 64.8 Å². The van der Waals surface area contributed by atoms with E-state index in [9.17, 15) is 17.6 Å². The van der Waals surface area contributed by atoms with Crippen LogP contribution in [-0.2, 0) is 6.18 Å². The van der Waals surface area contributed by atoms with Gasteiger partial charge < -0.3 is 5.32 Å². The number of alkyl halides is 3. The Morgan fingerprint density at radius 2 is 1.89 bits per heavy atom. The Hall–Kier alpha value is -2.78. The second kappa shape index (κ2) is 6.99. The summed E-state index contributed by atoms with van der Waals surface area (Å²) in [6.07, 6.45) is -2.08. The third kappa shape index (κ3) is 3.50. The molecule has 28 heavy (non-hydrogen) atoms. The molecule has 0 amide bonds. The number of hydrogen-bond donors (Lipinski definition) is 1. The molecule has 10 heteroatoms. The maximum absolute atomic E-state index is 13.6. The molecule has 0 radical (unpaired) electrons. The van der Waals surface area contributed by atoms with E-state index in [2.05, 4.69) is 20.3 Å². The summed E-state index contributed by atoms with van der Waals surface area (Å²) in [7, 11) is 0. The number of halogens is 5. The summed E-state index contributed by atoms with van der Waals surface area (Å²) in [5.41, 5.74) is 1.14. The maximum Gasteiger partial charge on any atom is 0.418 e. The van der Waals surface area contributed by atoms with Gasteiger partial charge in [0.15, 0.2) is 0 Å². The first-order valence-electron chi connectivity index (χ1n) is 7.80. The van der Waals surface area contributed by atoms with Crippen molar-refractivity contribution in [2.75, 3.05) is 5.32 Å². The lowest BCUT2D eigenvalue weighted by Crippen LogP contribution is -2.08. The van der Waals surface area contributed by atoms with Gasteiger partial charge >= 0.3 is 6.18 Å². The minimum absolute atomic E-state index is 0.121. The first-order chi connectivity index (χ1) is 13.3. The van der Waals surface area contributed by atoms with E-state index < -0.39 is 17.6 Å². The van der Waals surface area contributed by atoms with E-state index in [0.717, 1.165) is 18.5 Å². The molecule has 1 N–H and O–H groups in total. The van der Waals surface area contributed by atoms with E-state index in [1.165, 1.54) is 35.2 Å². The van der Waals surface area contributed by atoms with Crippen LogP contribution in [0, 0.1) is 5.82 Å². The topological polar surface area (TPSA) is 50.7 Å². The Morgan fingerprint density at radius 3 is 2.57 bits per heavy atom. The molecular formula is C18H9ClF4N4S. The Morgan fingerprint density at radius 1 is 1.07 bits per heavy atom. The Labute approximate surface area is 164 Å². The van der Waals surface area contributed by atoms with Crippen LogP contribution in [0.4, 0.5) is 29.1 Å². The van der Waals surface area contributed by atoms with Crippen molar-refractivity contribution in [2.24, 2.45) is 0 Å². The number of nitrogens with zero attached hydrogens (tertiary/aromatic N) is 3. The molecule has 0 saturated carbocycles. The number of thiazole rings is 1. The van der Waals surface area contributed by atoms with E-state index in [1.807, 2.05) is 0 Å². The fourth-order valence-electron chi connectivity index (χ4n) is 2.69. The minimum Gasteiger partial charge on any atom is -0.340 e. The second-order valence-electron chi connectivity index (χ2n) is 5.76. The van der Waals surface area contributed by atoms with Crippen molar-refractivity contribution in [2.45, 2.75) is 6.18 Å². The number of hydrogen-bond acceptors (Lipinski definition) is 5. The third-order valence-corrected chi connectivity index (χ3v) is 5.06. The van der Waals surface area contributed by atoms with Gasteiger partial charge in [0, 0.05) is 17.3 Å². The lowest BCUT2D eigenvalue weighted by molar-refractivity contribution is -0.136. The summed E-state index contributed by atoms with van der Waals surface area (Å²) >= 11 is 6.99. The van der Waals surface area contributed by atoms with Crippen LogP contribution in [0.3, 0.4) is 0 Å². The van der Waals surface area contributed by atoms with Gasteiger partial charge in [-0.15, -0.1) is 11.3 Å². The van der Waals surface area contributed by atoms with Gasteiger partial charge in [-0.3, -0.25) is 4.98 Å². The molecule has 0 aliphatic heterocycles.